The van der Waals surface area contributed by atoms with E-state index in [1.54, 1.807) is 6.08 Å². The number of carbonyl (C=O) groups is 2. The molecule has 160 valence electrons. The summed E-state index contributed by atoms with van der Waals surface area (Å²) in [6, 6.07) is 23.0. The molecule has 0 unspecified atom stereocenters. The molecule has 0 fully saturated rings. The lowest BCUT2D eigenvalue weighted by Crippen LogP contribution is -2.06. The summed E-state index contributed by atoms with van der Waals surface area (Å²) in [5, 5.41) is 1.89. The molecular formula is C28H20N2O3. The van der Waals surface area contributed by atoms with Crippen LogP contribution in [0.25, 0.3) is 39.5 Å². The van der Waals surface area contributed by atoms with Gasteiger partial charge >= 0.3 is 0 Å². The van der Waals surface area contributed by atoms with Crippen LogP contribution in [0.15, 0.2) is 82.8 Å². The monoisotopic (exact) mass is 432 g/mol. The van der Waals surface area contributed by atoms with E-state index in [1.165, 1.54) is 0 Å². The predicted molar refractivity (Wildman–Crippen MR) is 128 cm³/mol. The molecule has 3 aromatic carbocycles. The maximum Gasteiger partial charge on any atom is 0.228 e. The van der Waals surface area contributed by atoms with Crippen molar-refractivity contribution >= 4 is 39.6 Å². The minimum absolute atomic E-state index is 0.0552. The molecule has 0 atom stereocenters. The van der Waals surface area contributed by atoms with E-state index in [4.69, 9.17) is 9.40 Å². The Labute approximate surface area is 190 Å². The highest BCUT2D eigenvalue weighted by atomic mass is 16.3. The number of hydrogen-bond acceptors (Lipinski definition) is 4. The van der Waals surface area contributed by atoms with Crippen LogP contribution in [-0.4, -0.2) is 21.1 Å². The van der Waals surface area contributed by atoms with Crippen molar-refractivity contribution in [1.29, 1.82) is 0 Å². The largest absolute Gasteiger partial charge is 0.434 e. The van der Waals surface area contributed by atoms with Crippen LogP contribution in [0, 0.1) is 0 Å². The van der Waals surface area contributed by atoms with Crippen LogP contribution in [0.4, 0.5) is 0 Å². The maximum atomic E-state index is 13.2. The van der Waals surface area contributed by atoms with Gasteiger partial charge in [0.2, 0.25) is 5.89 Å². The van der Waals surface area contributed by atoms with Crippen molar-refractivity contribution in [2.45, 2.75) is 19.9 Å². The van der Waals surface area contributed by atoms with Crippen molar-refractivity contribution in [2.75, 3.05) is 0 Å². The zero-order chi connectivity index (χ0) is 22.7. The van der Waals surface area contributed by atoms with Gasteiger partial charge in [-0.2, -0.15) is 4.98 Å². The van der Waals surface area contributed by atoms with E-state index in [-0.39, 0.29) is 23.2 Å². The fourth-order valence-corrected chi connectivity index (χ4v) is 4.56. The Hall–Kier alpha value is -4.25. The predicted octanol–water partition coefficient (Wildman–Crippen LogP) is 6.49. The van der Waals surface area contributed by atoms with Crippen LogP contribution in [0.5, 0.6) is 0 Å². The van der Waals surface area contributed by atoms with Crippen molar-refractivity contribution in [1.82, 2.24) is 9.55 Å². The summed E-state index contributed by atoms with van der Waals surface area (Å²) < 4.78 is 8.03. The number of aromatic nitrogens is 2. The van der Waals surface area contributed by atoms with Crippen LogP contribution in [-0.2, 0) is 0 Å². The minimum atomic E-state index is -0.244. The summed E-state index contributed by atoms with van der Waals surface area (Å²) >= 11 is 0. The Kier molecular flexibility index (Phi) is 4.20. The van der Waals surface area contributed by atoms with Gasteiger partial charge in [-0.3, -0.25) is 9.59 Å². The highest BCUT2D eigenvalue weighted by Gasteiger charge is 2.34. The summed E-state index contributed by atoms with van der Waals surface area (Å²) in [5.41, 5.74) is 4.02. The van der Waals surface area contributed by atoms with E-state index < -0.39 is 0 Å². The van der Waals surface area contributed by atoms with Gasteiger partial charge in [0.1, 0.15) is 0 Å². The fraction of sp³-hybridized carbons (Fsp3) is 0.107. The molecular weight excluding hydrogens is 412 g/mol. The Bertz CT molecular complexity index is 1560. The number of oxazole rings is 1. The van der Waals surface area contributed by atoms with Crippen molar-refractivity contribution in [3.8, 4) is 11.5 Å². The number of fused-ring (bicyclic) bond motifs is 3. The Morgan fingerprint density at radius 1 is 0.848 bits per heavy atom. The minimum Gasteiger partial charge on any atom is -0.434 e. The second-order valence-corrected chi connectivity index (χ2v) is 8.57. The van der Waals surface area contributed by atoms with Gasteiger partial charge in [-0.25, -0.2) is 0 Å². The third-order valence-electron chi connectivity index (χ3n) is 6.11. The molecule has 0 aliphatic heterocycles. The molecule has 0 saturated heterocycles. The molecule has 0 amide bonds. The van der Waals surface area contributed by atoms with Crippen molar-refractivity contribution in [3.05, 3.63) is 95.2 Å². The smallest absolute Gasteiger partial charge is 0.228 e. The molecule has 0 N–H and O–H groups in total. The average molecular weight is 432 g/mol. The Morgan fingerprint density at radius 3 is 2.06 bits per heavy atom. The Morgan fingerprint density at radius 2 is 1.45 bits per heavy atom. The zero-order valence-electron chi connectivity index (χ0n) is 18.2. The molecule has 5 aromatic rings. The van der Waals surface area contributed by atoms with Crippen LogP contribution >= 0.6 is 0 Å². The van der Waals surface area contributed by atoms with Gasteiger partial charge < -0.3 is 8.98 Å². The molecule has 1 aliphatic carbocycles. The second kappa shape index (κ2) is 7.14. The van der Waals surface area contributed by atoms with Gasteiger partial charge in [0.25, 0.3) is 0 Å². The van der Waals surface area contributed by atoms with Gasteiger partial charge in [-0.1, -0.05) is 42.5 Å². The third-order valence-corrected chi connectivity index (χ3v) is 6.11. The lowest BCUT2D eigenvalue weighted by molar-refractivity contribution is 0.0990. The summed E-state index contributed by atoms with van der Waals surface area (Å²) in [4.78, 5) is 31.1. The van der Waals surface area contributed by atoms with Crippen molar-refractivity contribution < 1.29 is 14.0 Å². The van der Waals surface area contributed by atoms with Gasteiger partial charge in [0.15, 0.2) is 22.8 Å². The SMILES string of the molecule is CC(C)n1c(C=C2C(=O)c3cc4ccccc4cc3C2=O)cc2oc(-c3ccccc3)nc21. The van der Waals surface area contributed by atoms with Gasteiger partial charge in [0, 0.05) is 34.5 Å². The molecule has 2 heterocycles. The standard InChI is InChI=1S/C28H20N2O3/c1-16(2)30-20(15-24-27(30)29-28(33-24)17-8-4-3-5-9-17)14-23-25(31)21-12-18-10-6-7-11-19(18)13-22(21)26(23)32/h3-16H,1-2H3. The molecule has 5 heteroatoms. The summed E-state index contributed by atoms with van der Waals surface area (Å²) in [6.45, 7) is 4.08. The summed E-state index contributed by atoms with van der Waals surface area (Å²) in [5.74, 6) is 0.0555. The van der Waals surface area contributed by atoms with E-state index in [2.05, 4.69) is 0 Å². The Balaban J connectivity index is 1.47. The molecule has 5 nitrogen and oxygen atoms in total. The second-order valence-electron chi connectivity index (χ2n) is 8.57. The van der Waals surface area contributed by atoms with Crippen LogP contribution < -0.4 is 0 Å². The summed E-state index contributed by atoms with van der Waals surface area (Å²) in [6.07, 6.45) is 1.68. The molecule has 1 aliphatic rings. The maximum absolute atomic E-state index is 13.2. The fourth-order valence-electron chi connectivity index (χ4n) is 4.56. The third kappa shape index (κ3) is 2.97. The van der Waals surface area contributed by atoms with E-state index in [0.29, 0.717) is 28.2 Å². The van der Waals surface area contributed by atoms with E-state index in [0.717, 1.165) is 22.0 Å². The molecule has 0 spiro atoms. The lowest BCUT2D eigenvalue weighted by atomic mass is 10.0. The molecule has 0 saturated carbocycles. The number of allylic oxidation sites excluding steroid dienone is 1. The average Bonchev–Trinajstić information content (AvgIpc) is 3.44. The first-order valence-corrected chi connectivity index (χ1v) is 10.9. The van der Waals surface area contributed by atoms with Crippen LogP contribution in [0.2, 0.25) is 0 Å². The first-order valence-electron chi connectivity index (χ1n) is 10.9. The normalized spacial score (nSPS) is 13.5. The van der Waals surface area contributed by atoms with Gasteiger partial charge in [-0.05, 0) is 55.0 Å². The van der Waals surface area contributed by atoms with Crippen LogP contribution in [0.3, 0.4) is 0 Å². The number of ketones is 2. The first-order chi connectivity index (χ1) is 16.0. The molecule has 2 aromatic heterocycles. The zero-order valence-corrected chi connectivity index (χ0v) is 18.2. The number of carbonyl (C=O) groups excluding carboxylic acids is 2. The van der Waals surface area contributed by atoms with Crippen molar-refractivity contribution in [3.63, 3.8) is 0 Å². The number of benzene rings is 3. The number of rotatable bonds is 3. The topological polar surface area (TPSA) is 65.1 Å². The molecule has 0 radical (unpaired) electrons. The first kappa shape index (κ1) is 19.4. The van der Waals surface area contributed by atoms with Gasteiger partial charge in [0.05, 0.1) is 5.57 Å². The summed E-state index contributed by atoms with van der Waals surface area (Å²) in [7, 11) is 0. The van der Waals surface area contributed by atoms with Crippen LogP contribution in [0.1, 0.15) is 46.3 Å². The van der Waals surface area contributed by atoms with Crippen molar-refractivity contribution in [2.24, 2.45) is 0 Å². The number of hydrogen-bond donors (Lipinski definition) is 0. The van der Waals surface area contributed by atoms with E-state index in [1.807, 2.05) is 91.2 Å². The number of Topliss-reactive ketones (excluding diaryl/α,β-unsaturated/α-hetero) is 2. The molecule has 33 heavy (non-hydrogen) atoms. The van der Waals surface area contributed by atoms with E-state index in [9.17, 15) is 9.59 Å². The molecule has 6 rings (SSSR count). The van der Waals surface area contributed by atoms with Gasteiger partial charge in [-0.15, -0.1) is 0 Å². The quantitative estimate of drug-likeness (QED) is 0.241. The highest BCUT2D eigenvalue weighted by Crippen LogP contribution is 2.34. The molecule has 0 bridgehead atoms. The highest BCUT2D eigenvalue weighted by molar-refractivity contribution is 6.42. The number of nitrogens with zero attached hydrogens (tertiary/aromatic N) is 2. The lowest BCUT2D eigenvalue weighted by Gasteiger charge is -2.11. The van der Waals surface area contributed by atoms with E-state index >= 15 is 0 Å².